The Labute approximate surface area is 99.0 Å². The number of carboxylic acids is 1. The number of carbonyl (C=O) groups excluding carboxylic acids is 1. The molecule has 0 amide bonds. The molecule has 0 radical (unpaired) electrons. The molecule has 5 heteroatoms. The quantitative estimate of drug-likeness (QED) is 0.800. The summed E-state index contributed by atoms with van der Waals surface area (Å²) in [4.78, 5) is 10.3. The third kappa shape index (κ3) is 3.40. The van der Waals surface area contributed by atoms with Crippen molar-refractivity contribution in [2.75, 3.05) is 7.11 Å². The molecule has 1 aromatic rings. The van der Waals surface area contributed by atoms with Gasteiger partial charge in [-0.1, -0.05) is 11.6 Å². The summed E-state index contributed by atoms with van der Waals surface area (Å²) in [6.45, 7) is 0. The van der Waals surface area contributed by atoms with E-state index in [2.05, 4.69) is 5.73 Å². The van der Waals surface area contributed by atoms with Crippen molar-refractivity contribution in [1.82, 2.24) is 0 Å². The van der Waals surface area contributed by atoms with Crippen molar-refractivity contribution in [2.24, 2.45) is 0 Å². The van der Waals surface area contributed by atoms with Crippen LogP contribution in [0.4, 0.5) is 0 Å². The van der Waals surface area contributed by atoms with Crippen LogP contribution in [0.25, 0.3) is 0 Å². The average molecular weight is 244 g/mol. The van der Waals surface area contributed by atoms with Gasteiger partial charge in [-0.25, -0.2) is 0 Å². The molecule has 0 aliphatic heterocycles. The molecule has 0 saturated carbocycles. The first kappa shape index (κ1) is 12.8. The molecule has 0 unspecified atom stereocenters. The summed E-state index contributed by atoms with van der Waals surface area (Å²) in [5.41, 5.74) is 4.78. The first-order chi connectivity index (χ1) is 7.54. The molecule has 0 fully saturated rings. The van der Waals surface area contributed by atoms with Crippen LogP contribution in [0.15, 0.2) is 18.2 Å². The highest BCUT2D eigenvalue weighted by atomic mass is 35.5. The molecular weight excluding hydrogens is 230 g/mol. The summed E-state index contributed by atoms with van der Waals surface area (Å²) in [6, 6.07) is 5.21. The molecule has 0 bridgehead atoms. The molecule has 0 spiro atoms. The third-order valence-electron chi connectivity index (χ3n) is 2.34. The van der Waals surface area contributed by atoms with Gasteiger partial charge in [-0.15, -0.1) is 0 Å². The zero-order valence-electron chi connectivity index (χ0n) is 9.03. The Hall–Kier alpha value is -1.26. The number of methoxy groups -OCH3 is 1. The van der Waals surface area contributed by atoms with Crippen LogP contribution < -0.4 is 15.6 Å². The minimum atomic E-state index is -1.06. The van der Waals surface area contributed by atoms with Crippen LogP contribution in [0, 0.1) is 0 Å². The highest BCUT2D eigenvalue weighted by Crippen LogP contribution is 2.27. The number of ether oxygens (including phenoxy) is 1. The second-order valence-electron chi connectivity index (χ2n) is 3.50. The van der Waals surface area contributed by atoms with Crippen molar-refractivity contribution in [2.45, 2.75) is 18.9 Å². The van der Waals surface area contributed by atoms with E-state index in [-0.39, 0.29) is 12.5 Å². The number of aliphatic carboxylic acids is 1. The maximum atomic E-state index is 10.3. The van der Waals surface area contributed by atoms with Gasteiger partial charge in [0, 0.05) is 18.0 Å². The molecule has 0 aromatic heterocycles. The number of hydrogen-bond acceptors (Lipinski definition) is 3. The lowest BCUT2D eigenvalue weighted by atomic mass is 10.0. The minimum Gasteiger partial charge on any atom is -0.550 e. The van der Waals surface area contributed by atoms with Crippen LogP contribution in [0.5, 0.6) is 5.75 Å². The monoisotopic (exact) mass is 243 g/mol. The van der Waals surface area contributed by atoms with E-state index in [1.807, 2.05) is 6.07 Å². The lowest BCUT2D eigenvalue weighted by Gasteiger charge is -2.11. The van der Waals surface area contributed by atoms with Gasteiger partial charge < -0.3 is 20.4 Å². The number of carboxylic acid groups (broad SMARTS) is 1. The Balaban J connectivity index is 2.72. The van der Waals surface area contributed by atoms with E-state index in [1.54, 1.807) is 19.2 Å². The molecule has 1 rings (SSSR count). The van der Waals surface area contributed by atoms with Crippen LogP contribution >= 0.6 is 11.6 Å². The summed E-state index contributed by atoms with van der Waals surface area (Å²) in [5, 5.41) is 10.8. The number of rotatable bonds is 5. The zero-order valence-corrected chi connectivity index (χ0v) is 9.79. The van der Waals surface area contributed by atoms with Gasteiger partial charge in [0.15, 0.2) is 0 Å². The van der Waals surface area contributed by atoms with Gasteiger partial charge in [-0.2, -0.15) is 0 Å². The predicted octanol–water partition coefficient (Wildman–Crippen LogP) is 0.162. The van der Waals surface area contributed by atoms with Crippen molar-refractivity contribution < 1.29 is 20.4 Å². The van der Waals surface area contributed by atoms with Crippen LogP contribution in [-0.4, -0.2) is 13.1 Å². The van der Waals surface area contributed by atoms with Gasteiger partial charge in [0.05, 0.1) is 12.1 Å². The van der Waals surface area contributed by atoms with Crippen molar-refractivity contribution in [3.63, 3.8) is 0 Å². The second kappa shape index (κ2) is 5.72. The first-order valence-corrected chi connectivity index (χ1v) is 5.28. The minimum absolute atomic E-state index is 0.00217. The maximum absolute atomic E-state index is 10.3. The SMILES string of the molecule is COc1ccc([C@@H]([NH3+])CCC(=O)[O-])cc1Cl. The maximum Gasteiger partial charge on any atom is 0.137 e. The number of quaternary nitrogens is 1. The summed E-state index contributed by atoms with van der Waals surface area (Å²) < 4.78 is 5.02. The van der Waals surface area contributed by atoms with E-state index in [4.69, 9.17) is 16.3 Å². The highest BCUT2D eigenvalue weighted by Gasteiger charge is 2.11. The Kier molecular flexibility index (Phi) is 4.58. The highest BCUT2D eigenvalue weighted by molar-refractivity contribution is 6.32. The van der Waals surface area contributed by atoms with E-state index in [9.17, 15) is 9.90 Å². The fraction of sp³-hybridized carbons (Fsp3) is 0.364. The van der Waals surface area contributed by atoms with Crippen molar-refractivity contribution in [3.8, 4) is 5.75 Å². The predicted molar refractivity (Wildman–Crippen MR) is 57.9 cm³/mol. The van der Waals surface area contributed by atoms with E-state index in [1.165, 1.54) is 0 Å². The number of halogens is 1. The molecule has 4 nitrogen and oxygen atoms in total. The second-order valence-corrected chi connectivity index (χ2v) is 3.91. The number of hydrogen-bond donors (Lipinski definition) is 1. The molecule has 16 heavy (non-hydrogen) atoms. The molecule has 1 aromatic carbocycles. The summed E-state index contributed by atoms with van der Waals surface area (Å²) in [6.07, 6.45) is 0.433. The van der Waals surface area contributed by atoms with Crippen molar-refractivity contribution >= 4 is 17.6 Å². The van der Waals surface area contributed by atoms with Gasteiger partial charge in [0.25, 0.3) is 0 Å². The Morgan fingerprint density at radius 2 is 2.31 bits per heavy atom. The average Bonchev–Trinajstić information content (AvgIpc) is 2.25. The van der Waals surface area contributed by atoms with Crippen molar-refractivity contribution in [1.29, 1.82) is 0 Å². The van der Waals surface area contributed by atoms with Gasteiger partial charge in [-0.3, -0.25) is 0 Å². The van der Waals surface area contributed by atoms with Gasteiger partial charge >= 0.3 is 0 Å². The molecule has 0 saturated heterocycles. The van der Waals surface area contributed by atoms with Crippen LogP contribution in [-0.2, 0) is 4.79 Å². The Morgan fingerprint density at radius 1 is 1.62 bits per heavy atom. The van der Waals surface area contributed by atoms with Crippen LogP contribution in [0.2, 0.25) is 5.02 Å². The largest absolute Gasteiger partial charge is 0.550 e. The first-order valence-electron chi connectivity index (χ1n) is 4.91. The molecule has 88 valence electrons. The Bertz CT molecular complexity index is 381. The normalized spacial score (nSPS) is 12.2. The van der Waals surface area contributed by atoms with Crippen molar-refractivity contribution in [3.05, 3.63) is 28.8 Å². The fourth-order valence-electron chi connectivity index (χ4n) is 1.40. The van der Waals surface area contributed by atoms with E-state index < -0.39 is 5.97 Å². The molecule has 0 aliphatic carbocycles. The lowest BCUT2D eigenvalue weighted by molar-refractivity contribution is -0.428. The summed E-state index contributed by atoms with van der Waals surface area (Å²) >= 11 is 5.95. The molecular formula is C11H14ClNO3. The third-order valence-corrected chi connectivity index (χ3v) is 2.64. The lowest BCUT2D eigenvalue weighted by Crippen LogP contribution is -2.53. The summed E-state index contributed by atoms with van der Waals surface area (Å²) in [5.74, 6) is -0.467. The molecule has 1 atom stereocenters. The molecule has 3 N–H and O–H groups in total. The van der Waals surface area contributed by atoms with E-state index >= 15 is 0 Å². The molecule has 0 heterocycles. The standard InChI is InChI=1S/C11H14ClNO3/c1-16-10-4-2-7(6-8(10)12)9(13)3-5-11(14)15/h2,4,6,9H,3,5,13H2,1H3,(H,14,15)/t9-/m0/s1. The smallest absolute Gasteiger partial charge is 0.137 e. The zero-order chi connectivity index (χ0) is 12.1. The van der Waals surface area contributed by atoms with E-state index in [0.717, 1.165) is 5.56 Å². The van der Waals surface area contributed by atoms with Gasteiger partial charge in [0.2, 0.25) is 0 Å². The fourth-order valence-corrected chi connectivity index (χ4v) is 1.66. The number of benzene rings is 1. The number of carbonyl (C=O) groups is 1. The molecule has 0 aliphatic rings. The van der Waals surface area contributed by atoms with Gasteiger partial charge in [-0.05, 0) is 24.6 Å². The summed E-state index contributed by atoms with van der Waals surface area (Å²) in [7, 11) is 1.54. The van der Waals surface area contributed by atoms with Crippen LogP contribution in [0.1, 0.15) is 24.4 Å². The van der Waals surface area contributed by atoms with Gasteiger partial charge in [0.1, 0.15) is 11.8 Å². The topological polar surface area (TPSA) is 77.0 Å². The Morgan fingerprint density at radius 3 is 2.81 bits per heavy atom. The van der Waals surface area contributed by atoms with Crippen LogP contribution in [0.3, 0.4) is 0 Å². The van der Waals surface area contributed by atoms with E-state index in [0.29, 0.717) is 17.2 Å².